The van der Waals surface area contributed by atoms with E-state index in [9.17, 15) is 0 Å². The Morgan fingerprint density at radius 3 is 1.72 bits per heavy atom. The summed E-state index contributed by atoms with van der Waals surface area (Å²) in [5.74, 6) is 0. The summed E-state index contributed by atoms with van der Waals surface area (Å²) in [4.78, 5) is 2.50. The second-order valence-electron chi connectivity index (χ2n) is 4.49. The number of rotatable bonds is 4. The molecule has 0 spiro atoms. The van der Waals surface area contributed by atoms with Gasteiger partial charge in [-0.15, -0.1) is 12.4 Å². The fraction of sp³-hybridized carbons (Fsp3) is 0.538. The molecule has 18 heavy (non-hydrogen) atoms. The molecule has 0 aliphatic rings. The molecule has 5 heteroatoms. The molecule has 0 heterocycles. The molecule has 0 unspecified atom stereocenters. The first-order valence-corrected chi connectivity index (χ1v) is 6.04. The molecule has 1 rings (SSSR count). The molecule has 0 aliphatic carbocycles. The average molecular weight is 274 g/mol. The molecular weight excluding hydrogens is 248 g/mol. The Morgan fingerprint density at radius 1 is 1.00 bits per heavy atom. The predicted octanol–water partition coefficient (Wildman–Crippen LogP) is 1.96. The zero-order chi connectivity index (χ0) is 13.3. The summed E-state index contributed by atoms with van der Waals surface area (Å²) in [7, 11) is -0.750. The molecule has 0 saturated carbocycles. The van der Waals surface area contributed by atoms with E-state index in [0.717, 1.165) is 6.54 Å². The van der Waals surface area contributed by atoms with Crippen LogP contribution < -0.4 is 0 Å². The van der Waals surface area contributed by atoms with E-state index < -0.39 is 7.69 Å². The molecule has 1 aromatic carbocycles. The first-order chi connectivity index (χ1) is 8.02. The summed E-state index contributed by atoms with van der Waals surface area (Å²) in [5, 5.41) is 14.2. The first-order valence-electron chi connectivity index (χ1n) is 6.04. The molecule has 0 atom stereocenters. The van der Waals surface area contributed by atoms with Crippen LogP contribution in [0.15, 0.2) is 30.3 Å². The van der Waals surface area contributed by atoms with Crippen molar-refractivity contribution in [3.8, 4) is 0 Å². The fourth-order valence-corrected chi connectivity index (χ4v) is 1.76. The second kappa shape index (κ2) is 11.5. The third kappa shape index (κ3) is 8.53. The van der Waals surface area contributed by atoms with Crippen molar-refractivity contribution in [1.29, 1.82) is 0 Å². The van der Waals surface area contributed by atoms with Crippen LogP contribution in [0.4, 0.5) is 0 Å². The molecule has 0 amide bonds. The van der Waals surface area contributed by atoms with Crippen LogP contribution in [0, 0.1) is 0 Å². The quantitative estimate of drug-likeness (QED) is 0.824. The van der Waals surface area contributed by atoms with Crippen molar-refractivity contribution in [3.63, 3.8) is 0 Å². The number of benzene rings is 1. The van der Waals surface area contributed by atoms with Crippen LogP contribution in [0.25, 0.3) is 0 Å². The number of halogens is 1. The number of hydrogen-bond donors (Lipinski definition) is 2. The van der Waals surface area contributed by atoms with Gasteiger partial charge in [-0.1, -0.05) is 30.3 Å². The van der Waals surface area contributed by atoms with Crippen molar-refractivity contribution in [3.05, 3.63) is 35.9 Å². The highest BCUT2D eigenvalue weighted by molar-refractivity contribution is 6.13. The maximum atomic E-state index is 7.12. The van der Waals surface area contributed by atoms with Gasteiger partial charge in [-0.05, 0) is 33.3 Å². The highest BCUT2D eigenvalue weighted by Crippen LogP contribution is 2.11. The number of nitrogens with zero attached hydrogens (tertiary/aromatic N) is 1. The average Bonchev–Trinajstić information content (AvgIpc) is 2.27. The van der Waals surface area contributed by atoms with E-state index >= 15 is 0 Å². The Hall–Kier alpha value is -0.545. The van der Waals surface area contributed by atoms with Crippen molar-refractivity contribution >= 4 is 20.1 Å². The first kappa shape index (κ1) is 19.8. The lowest BCUT2D eigenvalue weighted by Crippen LogP contribution is -2.36. The van der Waals surface area contributed by atoms with Gasteiger partial charge < -0.3 is 10.0 Å². The van der Waals surface area contributed by atoms with E-state index in [1.165, 1.54) is 5.56 Å². The van der Waals surface area contributed by atoms with Crippen molar-refractivity contribution in [1.82, 2.24) is 4.90 Å². The Morgan fingerprint density at radius 2 is 1.39 bits per heavy atom. The van der Waals surface area contributed by atoms with Crippen LogP contribution in [0.2, 0.25) is 0 Å². The van der Waals surface area contributed by atoms with Crippen LogP contribution in [0.5, 0.6) is 0 Å². The van der Waals surface area contributed by atoms with Crippen LogP contribution in [0.3, 0.4) is 0 Å². The third-order valence-corrected chi connectivity index (χ3v) is 2.53. The zero-order valence-corrected chi connectivity index (χ0v) is 12.5. The van der Waals surface area contributed by atoms with Gasteiger partial charge in [0.2, 0.25) is 0 Å². The van der Waals surface area contributed by atoms with Gasteiger partial charge in [-0.25, -0.2) is 0 Å². The molecule has 0 radical (unpaired) electrons. The van der Waals surface area contributed by atoms with Crippen LogP contribution in [-0.4, -0.2) is 34.7 Å². The van der Waals surface area contributed by atoms with E-state index in [1.807, 2.05) is 0 Å². The minimum absolute atomic E-state index is 0. The molecular formula is C13H25BClNO2. The summed E-state index contributed by atoms with van der Waals surface area (Å²) in [6, 6.07) is 11.9. The van der Waals surface area contributed by atoms with E-state index in [4.69, 9.17) is 10.0 Å². The molecule has 0 aliphatic heterocycles. The standard InChI is InChI=1S/C13H21N.BH3O2.ClH/c1-11(2)14(12(3)4)10-13-8-6-5-7-9-13;2-1-3;/h5-9,11-12H,10H2,1-4H3;1-3H;1H. The summed E-state index contributed by atoms with van der Waals surface area (Å²) < 4.78 is 0. The SMILES string of the molecule is CC(C)N(Cc1ccccc1)C(C)C.Cl.OBO. The van der Waals surface area contributed by atoms with Crippen LogP contribution in [0.1, 0.15) is 33.3 Å². The highest BCUT2D eigenvalue weighted by atomic mass is 35.5. The third-order valence-electron chi connectivity index (χ3n) is 2.53. The van der Waals surface area contributed by atoms with Crippen molar-refractivity contribution < 1.29 is 10.0 Å². The smallest absolute Gasteiger partial charge is 0.430 e. The largest absolute Gasteiger partial charge is 0.432 e. The predicted molar refractivity (Wildman–Crippen MR) is 81.1 cm³/mol. The Bertz CT molecular complexity index is 276. The van der Waals surface area contributed by atoms with Crippen molar-refractivity contribution in [2.75, 3.05) is 0 Å². The lowest BCUT2D eigenvalue weighted by molar-refractivity contribution is 0.166. The number of hydrogen-bond acceptors (Lipinski definition) is 3. The van der Waals surface area contributed by atoms with E-state index in [1.54, 1.807) is 0 Å². The van der Waals surface area contributed by atoms with Gasteiger partial charge in [0.15, 0.2) is 0 Å². The van der Waals surface area contributed by atoms with Crippen LogP contribution in [-0.2, 0) is 6.54 Å². The normalized spacial score (nSPS) is 9.83. The zero-order valence-electron chi connectivity index (χ0n) is 11.7. The second-order valence-corrected chi connectivity index (χ2v) is 4.49. The minimum atomic E-state index is -0.750. The van der Waals surface area contributed by atoms with Gasteiger partial charge in [0, 0.05) is 18.6 Å². The van der Waals surface area contributed by atoms with E-state index in [0.29, 0.717) is 12.1 Å². The van der Waals surface area contributed by atoms with Gasteiger partial charge in [-0.2, -0.15) is 0 Å². The molecule has 0 aromatic heterocycles. The minimum Gasteiger partial charge on any atom is -0.430 e. The van der Waals surface area contributed by atoms with Gasteiger partial charge in [0.25, 0.3) is 0 Å². The molecule has 3 nitrogen and oxygen atoms in total. The highest BCUT2D eigenvalue weighted by Gasteiger charge is 2.12. The molecule has 1 aromatic rings. The molecule has 0 saturated heterocycles. The van der Waals surface area contributed by atoms with E-state index in [-0.39, 0.29) is 12.4 Å². The monoisotopic (exact) mass is 273 g/mol. The van der Waals surface area contributed by atoms with Gasteiger partial charge in [0.05, 0.1) is 0 Å². The van der Waals surface area contributed by atoms with Crippen LogP contribution >= 0.6 is 12.4 Å². The van der Waals surface area contributed by atoms with Gasteiger partial charge >= 0.3 is 7.69 Å². The van der Waals surface area contributed by atoms with Crippen molar-refractivity contribution in [2.24, 2.45) is 0 Å². The maximum absolute atomic E-state index is 7.12. The van der Waals surface area contributed by atoms with Gasteiger partial charge in [0.1, 0.15) is 0 Å². The molecule has 104 valence electrons. The Kier molecular flexibility index (Phi) is 12.7. The van der Waals surface area contributed by atoms with Crippen molar-refractivity contribution in [2.45, 2.75) is 46.3 Å². The summed E-state index contributed by atoms with van der Waals surface area (Å²) in [6.07, 6.45) is 0. The molecule has 0 bridgehead atoms. The molecule has 2 N–H and O–H groups in total. The van der Waals surface area contributed by atoms with E-state index in [2.05, 4.69) is 62.9 Å². The lowest BCUT2D eigenvalue weighted by Gasteiger charge is -2.30. The fourth-order valence-electron chi connectivity index (χ4n) is 1.76. The van der Waals surface area contributed by atoms with Gasteiger partial charge in [-0.3, -0.25) is 4.90 Å². The Balaban J connectivity index is 0. The summed E-state index contributed by atoms with van der Waals surface area (Å²) in [5.41, 5.74) is 1.40. The maximum Gasteiger partial charge on any atom is 0.432 e. The summed E-state index contributed by atoms with van der Waals surface area (Å²) >= 11 is 0. The molecule has 0 fully saturated rings. The summed E-state index contributed by atoms with van der Waals surface area (Å²) in [6.45, 7) is 10.1. The topological polar surface area (TPSA) is 43.7 Å². The Labute approximate surface area is 118 Å². The lowest BCUT2D eigenvalue weighted by atomic mass is 10.1.